The molecule has 5 nitrogen and oxygen atoms in total. The molecule has 1 aromatic heterocycles. The molecule has 27 heavy (non-hydrogen) atoms. The Bertz CT molecular complexity index is 939. The van der Waals surface area contributed by atoms with Crippen LogP contribution < -0.4 is 4.90 Å². The monoisotopic (exact) mass is 378 g/mol. The molecule has 6 heteroatoms. The fourth-order valence-electron chi connectivity index (χ4n) is 3.34. The van der Waals surface area contributed by atoms with Crippen LogP contribution in [0.4, 0.5) is 5.69 Å². The minimum absolute atomic E-state index is 0.174. The van der Waals surface area contributed by atoms with Crippen molar-refractivity contribution in [3.63, 3.8) is 0 Å². The van der Waals surface area contributed by atoms with Crippen molar-refractivity contribution in [1.29, 1.82) is 0 Å². The zero-order valence-electron chi connectivity index (χ0n) is 15.3. The topological polar surface area (TPSA) is 49.3 Å². The number of rotatable bonds is 4. The molecule has 138 valence electrons. The molecule has 1 aliphatic rings. The van der Waals surface area contributed by atoms with Gasteiger partial charge in [-0.15, -0.1) is 0 Å². The standard InChI is InChI=1S/C21H22N4OS/c1-16-22-19-10-6-5-9-18(19)21(23-16)27-15-20(26)25-13-11-24(12-14-25)17-7-3-2-4-8-17/h2-10H,11-15H2,1H3. The lowest BCUT2D eigenvalue weighted by Gasteiger charge is -2.36. The zero-order valence-corrected chi connectivity index (χ0v) is 16.2. The number of aryl methyl sites for hydroxylation is 1. The summed E-state index contributed by atoms with van der Waals surface area (Å²) in [5.41, 5.74) is 2.15. The van der Waals surface area contributed by atoms with Gasteiger partial charge in [-0.3, -0.25) is 4.79 Å². The Morgan fingerprint density at radius 1 is 0.963 bits per heavy atom. The number of carbonyl (C=O) groups excluding carboxylic acids is 1. The van der Waals surface area contributed by atoms with Gasteiger partial charge in [-0.05, 0) is 25.1 Å². The predicted octanol–water partition coefficient (Wildman–Crippen LogP) is 3.38. The molecule has 0 spiro atoms. The molecule has 2 heterocycles. The number of amides is 1. The Labute approximate surface area is 163 Å². The van der Waals surface area contributed by atoms with Crippen molar-refractivity contribution in [2.24, 2.45) is 0 Å². The van der Waals surface area contributed by atoms with E-state index >= 15 is 0 Å². The molecule has 1 aliphatic heterocycles. The summed E-state index contributed by atoms with van der Waals surface area (Å²) in [5, 5.41) is 1.89. The quantitative estimate of drug-likeness (QED) is 0.515. The van der Waals surface area contributed by atoms with E-state index in [0.29, 0.717) is 5.75 Å². The summed E-state index contributed by atoms with van der Waals surface area (Å²) in [7, 11) is 0. The van der Waals surface area contributed by atoms with Crippen LogP contribution in [0.2, 0.25) is 0 Å². The Hall–Kier alpha value is -2.60. The number of piperazine rings is 1. The first-order chi connectivity index (χ1) is 13.2. The van der Waals surface area contributed by atoms with Crippen LogP contribution in [0.15, 0.2) is 59.6 Å². The number of aromatic nitrogens is 2. The number of anilines is 1. The van der Waals surface area contributed by atoms with Crippen molar-refractivity contribution in [1.82, 2.24) is 14.9 Å². The van der Waals surface area contributed by atoms with Crippen LogP contribution in [0, 0.1) is 6.92 Å². The van der Waals surface area contributed by atoms with E-state index < -0.39 is 0 Å². The average molecular weight is 379 g/mol. The van der Waals surface area contributed by atoms with Gasteiger partial charge in [0.2, 0.25) is 5.91 Å². The maximum Gasteiger partial charge on any atom is 0.233 e. The number of thioether (sulfide) groups is 1. The molecule has 4 rings (SSSR count). The van der Waals surface area contributed by atoms with Crippen LogP contribution in [0.5, 0.6) is 0 Å². The van der Waals surface area contributed by atoms with Gasteiger partial charge < -0.3 is 9.80 Å². The third-order valence-electron chi connectivity index (χ3n) is 4.77. The summed E-state index contributed by atoms with van der Waals surface area (Å²) >= 11 is 1.51. The lowest BCUT2D eigenvalue weighted by Crippen LogP contribution is -2.49. The van der Waals surface area contributed by atoms with E-state index in [0.717, 1.165) is 47.9 Å². The molecule has 3 aromatic rings. The fourth-order valence-corrected chi connectivity index (χ4v) is 4.31. The Morgan fingerprint density at radius 3 is 2.44 bits per heavy atom. The third kappa shape index (κ3) is 4.06. The summed E-state index contributed by atoms with van der Waals surface area (Å²) in [6.45, 7) is 5.16. The number of para-hydroxylation sites is 2. The van der Waals surface area contributed by atoms with Crippen molar-refractivity contribution in [3.8, 4) is 0 Å². The van der Waals surface area contributed by atoms with Gasteiger partial charge in [0.25, 0.3) is 0 Å². The van der Waals surface area contributed by atoms with Crippen molar-refractivity contribution in [2.75, 3.05) is 36.8 Å². The molecular formula is C21H22N4OS. The number of carbonyl (C=O) groups is 1. The van der Waals surface area contributed by atoms with Crippen LogP contribution in [0.25, 0.3) is 10.9 Å². The molecule has 1 saturated heterocycles. The van der Waals surface area contributed by atoms with Crippen LogP contribution in [-0.4, -0.2) is 52.7 Å². The number of fused-ring (bicyclic) bond motifs is 1. The van der Waals surface area contributed by atoms with E-state index in [1.54, 1.807) is 0 Å². The summed E-state index contributed by atoms with van der Waals surface area (Å²) in [6, 6.07) is 18.3. The van der Waals surface area contributed by atoms with E-state index in [1.165, 1.54) is 17.4 Å². The van der Waals surface area contributed by atoms with Crippen LogP contribution in [-0.2, 0) is 4.79 Å². The highest BCUT2D eigenvalue weighted by Crippen LogP contribution is 2.25. The maximum absolute atomic E-state index is 12.7. The Morgan fingerprint density at radius 2 is 1.67 bits per heavy atom. The van der Waals surface area contributed by atoms with Gasteiger partial charge in [0.05, 0.1) is 11.3 Å². The Kier molecular flexibility index (Phi) is 5.25. The number of hydrogen-bond acceptors (Lipinski definition) is 5. The summed E-state index contributed by atoms with van der Waals surface area (Å²) in [4.78, 5) is 26.0. The molecule has 1 amide bonds. The third-order valence-corrected chi connectivity index (χ3v) is 5.74. The van der Waals surface area contributed by atoms with Gasteiger partial charge in [0.1, 0.15) is 10.9 Å². The van der Waals surface area contributed by atoms with Crippen LogP contribution >= 0.6 is 11.8 Å². The van der Waals surface area contributed by atoms with E-state index in [4.69, 9.17) is 0 Å². The molecular weight excluding hydrogens is 356 g/mol. The first-order valence-corrected chi connectivity index (χ1v) is 10.1. The molecule has 0 N–H and O–H groups in total. The minimum atomic E-state index is 0.174. The van der Waals surface area contributed by atoms with E-state index in [1.807, 2.05) is 42.2 Å². The van der Waals surface area contributed by atoms with E-state index in [9.17, 15) is 4.79 Å². The number of hydrogen-bond donors (Lipinski definition) is 0. The first-order valence-electron chi connectivity index (χ1n) is 9.15. The van der Waals surface area contributed by atoms with Crippen molar-refractivity contribution < 1.29 is 4.79 Å². The summed E-state index contributed by atoms with van der Waals surface area (Å²) < 4.78 is 0. The second kappa shape index (κ2) is 7.96. The van der Waals surface area contributed by atoms with E-state index in [2.05, 4.69) is 39.1 Å². The molecule has 1 fully saturated rings. The fraction of sp³-hybridized carbons (Fsp3) is 0.286. The molecule has 0 bridgehead atoms. The molecule has 0 saturated carbocycles. The van der Waals surface area contributed by atoms with Gasteiger partial charge in [-0.1, -0.05) is 48.2 Å². The van der Waals surface area contributed by atoms with Gasteiger partial charge in [0.15, 0.2) is 0 Å². The van der Waals surface area contributed by atoms with Crippen LogP contribution in [0.3, 0.4) is 0 Å². The second-order valence-corrected chi connectivity index (χ2v) is 7.55. The smallest absolute Gasteiger partial charge is 0.233 e. The number of nitrogens with zero attached hydrogens (tertiary/aromatic N) is 4. The normalized spacial score (nSPS) is 14.6. The largest absolute Gasteiger partial charge is 0.368 e. The molecule has 0 aliphatic carbocycles. The second-order valence-electron chi connectivity index (χ2n) is 6.59. The average Bonchev–Trinajstić information content (AvgIpc) is 2.72. The lowest BCUT2D eigenvalue weighted by molar-refractivity contribution is -0.128. The summed E-state index contributed by atoms with van der Waals surface area (Å²) in [6.07, 6.45) is 0. The predicted molar refractivity (Wildman–Crippen MR) is 110 cm³/mol. The zero-order chi connectivity index (χ0) is 18.6. The van der Waals surface area contributed by atoms with Crippen LogP contribution in [0.1, 0.15) is 5.82 Å². The molecule has 0 atom stereocenters. The van der Waals surface area contributed by atoms with Crippen molar-refractivity contribution in [3.05, 3.63) is 60.4 Å². The Balaban J connectivity index is 1.37. The van der Waals surface area contributed by atoms with Gasteiger partial charge >= 0.3 is 0 Å². The number of benzene rings is 2. The highest BCUT2D eigenvalue weighted by molar-refractivity contribution is 8.00. The molecule has 0 radical (unpaired) electrons. The van der Waals surface area contributed by atoms with Gasteiger partial charge in [-0.2, -0.15) is 0 Å². The van der Waals surface area contributed by atoms with Gasteiger partial charge in [-0.25, -0.2) is 9.97 Å². The summed E-state index contributed by atoms with van der Waals surface area (Å²) in [5.74, 6) is 1.32. The molecule has 2 aromatic carbocycles. The maximum atomic E-state index is 12.7. The van der Waals surface area contributed by atoms with Crippen molar-refractivity contribution in [2.45, 2.75) is 11.9 Å². The highest BCUT2D eigenvalue weighted by atomic mass is 32.2. The minimum Gasteiger partial charge on any atom is -0.368 e. The van der Waals surface area contributed by atoms with Gasteiger partial charge in [0, 0.05) is 37.3 Å². The SMILES string of the molecule is Cc1nc(SCC(=O)N2CCN(c3ccccc3)CC2)c2ccccc2n1. The first kappa shape index (κ1) is 17.8. The van der Waals surface area contributed by atoms with E-state index in [-0.39, 0.29) is 5.91 Å². The van der Waals surface area contributed by atoms with Crippen molar-refractivity contribution >= 4 is 34.3 Å². The lowest BCUT2D eigenvalue weighted by atomic mass is 10.2. The molecule has 0 unspecified atom stereocenters. The highest BCUT2D eigenvalue weighted by Gasteiger charge is 2.21.